The SMILES string of the molecule is N#Cc1ccc(O/N=C/Cn2cncn2)cc1. The number of nitriles is 1. The number of oxime groups is 1. The number of rotatable bonds is 4. The summed E-state index contributed by atoms with van der Waals surface area (Å²) in [5.41, 5.74) is 0.587. The lowest BCUT2D eigenvalue weighted by Gasteiger charge is -1.97. The fourth-order valence-corrected chi connectivity index (χ4v) is 1.13. The predicted molar refractivity (Wildman–Crippen MR) is 60.3 cm³/mol. The van der Waals surface area contributed by atoms with Gasteiger partial charge in [0.2, 0.25) is 0 Å². The van der Waals surface area contributed by atoms with Crippen molar-refractivity contribution in [1.29, 1.82) is 5.26 Å². The zero-order valence-corrected chi connectivity index (χ0v) is 8.89. The Morgan fingerprint density at radius 3 is 2.88 bits per heavy atom. The van der Waals surface area contributed by atoms with Gasteiger partial charge in [0.25, 0.3) is 0 Å². The average molecular weight is 227 g/mol. The maximum Gasteiger partial charge on any atom is 0.158 e. The van der Waals surface area contributed by atoms with Gasteiger partial charge in [0.15, 0.2) is 5.75 Å². The lowest BCUT2D eigenvalue weighted by molar-refractivity contribution is 0.342. The van der Waals surface area contributed by atoms with E-state index in [0.717, 1.165) is 0 Å². The Kier molecular flexibility index (Phi) is 3.45. The fraction of sp³-hybridized carbons (Fsp3) is 0.0909. The van der Waals surface area contributed by atoms with Gasteiger partial charge in [-0.2, -0.15) is 10.4 Å². The molecule has 0 unspecified atom stereocenters. The lowest BCUT2D eigenvalue weighted by atomic mass is 10.2. The Hall–Kier alpha value is -2.68. The molecule has 0 atom stereocenters. The normalized spacial score (nSPS) is 10.3. The molecule has 6 heteroatoms. The van der Waals surface area contributed by atoms with Crippen LogP contribution in [0.15, 0.2) is 42.1 Å². The molecule has 1 aromatic carbocycles. The Morgan fingerprint density at radius 2 is 2.24 bits per heavy atom. The van der Waals surface area contributed by atoms with Gasteiger partial charge in [0.05, 0.1) is 24.4 Å². The van der Waals surface area contributed by atoms with E-state index in [1.807, 2.05) is 6.07 Å². The third kappa shape index (κ3) is 3.14. The van der Waals surface area contributed by atoms with E-state index in [1.54, 1.807) is 41.5 Å². The van der Waals surface area contributed by atoms with Crippen LogP contribution in [-0.2, 0) is 6.54 Å². The molecule has 0 radical (unpaired) electrons. The van der Waals surface area contributed by atoms with Crippen LogP contribution < -0.4 is 4.84 Å². The summed E-state index contributed by atoms with van der Waals surface area (Å²) in [5.74, 6) is 0.582. The number of aromatic nitrogens is 3. The highest BCUT2D eigenvalue weighted by atomic mass is 16.6. The number of hydrogen-bond acceptors (Lipinski definition) is 5. The van der Waals surface area contributed by atoms with Crippen LogP contribution in [0.25, 0.3) is 0 Å². The molecule has 2 aromatic rings. The second kappa shape index (κ2) is 5.42. The minimum Gasteiger partial charge on any atom is -0.357 e. The van der Waals surface area contributed by atoms with E-state index < -0.39 is 0 Å². The second-order valence-corrected chi connectivity index (χ2v) is 3.13. The van der Waals surface area contributed by atoms with Gasteiger partial charge >= 0.3 is 0 Å². The van der Waals surface area contributed by atoms with Gasteiger partial charge in [-0.25, -0.2) is 9.67 Å². The van der Waals surface area contributed by atoms with Gasteiger partial charge in [-0.1, -0.05) is 5.16 Å². The van der Waals surface area contributed by atoms with Gasteiger partial charge in [-0.3, -0.25) is 0 Å². The second-order valence-electron chi connectivity index (χ2n) is 3.13. The third-order valence-electron chi connectivity index (χ3n) is 1.95. The highest BCUT2D eigenvalue weighted by molar-refractivity contribution is 5.56. The third-order valence-corrected chi connectivity index (χ3v) is 1.95. The smallest absolute Gasteiger partial charge is 0.158 e. The van der Waals surface area contributed by atoms with Crippen molar-refractivity contribution in [3.63, 3.8) is 0 Å². The molecular formula is C11H9N5O. The number of nitrogens with zero attached hydrogens (tertiary/aromatic N) is 5. The van der Waals surface area contributed by atoms with E-state index in [0.29, 0.717) is 17.9 Å². The summed E-state index contributed by atoms with van der Waals surface area (Å²) in [7, 11) is 0. The van der Waals surface area contributed by atoms with Crippen molar-refractivity contribution in [2.75, 3.05) is 0 Å². The summed E-state index contributed by atoms with van der Waals surface area (Å²) in [4.78, 5) is 8.90. The van der Waals surface area contributed by atoms with Crippen molar-refractivity contribution in [2.24, 2.45) is 5.16 Å². The summed E-state index contributed by atoms with van der Waals surface area (Å²) in [6.45, 7) is 0.496. The maximum absolute atomic E-state index is 8.61. The monoisotopic (exact) mass is 227 g/mol. The molecule has 6 nitrogen and oxygen atoms in total. The molecule has 0 aliphatic carbocycles. The van der Waals surface area contributed by atoms with Gasteiger partial charge in [0.1, 0.15) is 12.7 Å². The van der Waals surface area contributed by atoms with Crippen molar-refractivity contribution in [1.82, 2.24) is 14.8 Å². The van der Waals surface area contributed by atoms with Gasteiger partial charge in [-0.05, 0) is 24.3 Å². The molecule has 2 rings (SSSR count). The van der Waals surface area contributed by atoms with Crippen molar-refractivity contribution >= 4 is 6.21 Å². The van der Waals surface area contributed by atoms with E-state index in [4.69, 9.17) is 10.1 Å². The maximum atomic E-state index is 8.61. The van der Waals surface area contributed by atoms with Crippen LogP contribution in [-0.4, -0.2) is 21.0 Å². The molecule has 0 spiro atoms. The van der Waals surface area contributed by atoms with Gasteiger partial charge < -0.3 is 4.84 Å². The minimum absolute atomic E-state index is 0.496. The van der Waals surface area contributed by atoms with E-state index in [1.165, 1.54) is 6.33 Å². The summed E-state index contributed by atoms with van der Waals surface area (Å²) >= 11 is 0. The van der Waals surface area contributed by atoms with E-state index in [2.05, 4.69) is 15.2 Å². The van der Waals surface area contributed by atoms with Crippen LogP contribution in [0.1, 0.15) is 5.56 Å². The summed E-state index contributed by atoms with van der Waals surface area (Å²) in [6.07, 6.45) is 4.62. The topological polar surface area (TPSA) is 76.1 Å². The standard InChI is InChI=1S/C11H9N5O/c12-7-10-1-3-11(4-2-10)17-15-5-6-16-9-13-8-14-16/h1-5,8-9H,6H2/b15-5+. The molecule has 0 saturated carbocycles. The molecular weight excluding hydrogens is 218 g/mol. The van der Waals surface area contributed by atoms with Crippen LogP contribution in [0.4, 0.5) is 0 Å². The zero-order chi connectivity index (χ0) is 11.9. The van der Waals surface area contributed by atoms with Crippen LogP contribution in [0.2, 0.25) is 0 Å². The Morgan fingerprint density at radius 1 is 1.41 bits per heavy atom. The molecule has 1 heterocycles. The quantitative estimate of drug-likeness (QED) is 0.581. The fourth-order valence-electron chi connectivity index (χ4n) is 1.13. The van der Waals surface area contributed by atoms with Crippen molar-refractivity contribution in [3.05, 3.63) is 42.5 Å². The summed E-state index contributed by atoms with van der Waals surface area (Å²) in [6, 6.07) is 8.74. The van der Waals surface area contributed by atoms with E-state index in [-0.39, 0.29) is 0 Å². The Labute approximate surface area is 97.8 Å². The molecule has 0 aliphatic rings. The number of benzene rings is 1. The Bertz CT molecular complexity index is 524. The lowest BCUT2D eigenvalue weighted by Crippen LogP contribution is -1.99. The van der Waals surface area contributed by atoms with Crippen molar-refractivity contribution in [2.45, 2.75) is 6.54 Å². The molecule has 0 bridgehead atoms. The molecule has 0 fully saturated rings. The van der Waals surface area contributed by atoms with Crippen LogP contribution in [0.3, 0.4) is 0 Å². The predicted octanol–water partition coefficient (Wildman–Crippen LogP) is 1.21. The molecule has 0 saturated heterocycles. The first-order chi connectivity index (χ1) is 8.38. The molecule has 0 N–H and O–H groups in total. The van der Waals surface area contributed by atoms with Crippen molar-refractivity contribution in [3.8, 4) is 11.8 Å². The van der Waals surface area contributed by atoms with Crippen LogP contribution >= 0.6 is 0 Å². The molecule has 0 amide bonds. The highest BCUT2D eigenvalue weighted by Gasteiger charge is 1.93. The van der Waals surface area contributed by atoms with E-state index in [9.17, 15) is 0 Å². The minimum atomic E-state index is 0.496. The van der Waals surface area contributed by atoms with Crippen molar-refractivity contribution < 1.29 is 4.84 Å². The Balaban J connectivity index is 1.85. The molecule has 17 heavy (non-hydrogen) atoms. The van der Waals surface area contributed by atoms with Crippen LogP contribution in [0.5, 0.6) is 5.75 Å². The molecule has 1 aromatic heterocycles. The van der Waals surface area contributed by atoms with E-state index >= 15 is 0 Å². The largest absolute Gasteiger partial charge is 0.357 e. The average Bonchev–Trinajstić information content (AvgIpc) is 2.88. The highest BCUT2D eigenvalue weighted by Crippen LogP contribution is 2.11. The first kappa shape index (κ1) is 10.8. The summed E-state index contributed by atoms with van der Waals surface area (Å²) in [5, 5.41) is 16.3. The van der Waals surface area contributed by atoms with Gasteiger partial charge in [-0.15, -0.1) is 0 Å². The number of hydrogen-bond donors (Lipinski definition) is 0. The first-order valence-corrected chi connectivity index (χ1v) is 4.90. The summed E-state index contributed by atoms with van der Waals surface area (Å²) < 4.78 is 1.62. The first-order valence-electron chi connectivity index (χ1n) is 4.90. The molecule has 84 valence electrons. The zero-order valence-electron chi connectivity index (χ0n) is 8.89. The van der Waals surface area contributed by atoms with Crippen LogP contribution in [0, 0.1) is 11.3 Å². The van der Waals surface area contributed by atoms with Gasteiger partial charge in [0, 0.05) is 0 Å². The molecule has 0 aliphatic heterocycles.